The summed E-state index contributed by atoms with van der Waals surface area (Å²) in [4.78, 5) is 12.0. The van der Waals surface area contributed by atoms with Gasteiger partial charge in [-0.05, 0) is 25.1 Å². The van der Waals surface area contributed by atoms with Crippen molar-refractivity contribution in [3.8, 4) is 0 Å². The van der Waals surface area contributed by atoms with Gasteiger partial charge in [0.25, 0.3) is 5.91 Å². The van der Waals surface area contributed by atoms with Gasteiger partial charge in [-0.1, -0.05) is 6.07 Å². The van der Waals surface area contributed by atoms with E-state index in [4.69, 9.17) is 0 Å². The fourth-order valence-corrected chi connectivity index (χ4v) is 2.43. The summed E-state index contributed by atoms with van der Waals surface area (Å²) in [6.07, 6.45) is 1.17. The van der Waals surface area contributed by atoms with E-state index in [0.717, 1.165) is 10.4 Å². The molecule has 1 aliphatic heterocycles. The van der Waals surface area contributed by atoms with Crippen LogP contribution >= 0.6 is 0 Å². The maximum absolute atomic E-state index is 13.0. The van der Waals surface area contributed by atoms with Gasteiger partial charge in [0.15, 0.2) is 0 Å². The molecular formula is C12H12FN3O3S. The monoisotopic (exact) mass is 297 g/mol. The molecule has 2 rings (SSSR count). The van der Waals surface area contributed by atoms with Crippen LogP contribution in [0.2, 0.25) is 0 Å². The van der Waals surface area contributed by atoms with Crippen LogP contribution in [0.4, 0.5) is 10.1 Å². The number of anilines is 1. The van der Waals surface area contributed by atoms with Gasteiger partial charge in [0.05, 0.1) is 11.3 Å². The number of amides is 1. The summed E-state index contributed by atoms with van der Waals surface area (Å²) in [6, 6.07) is 5.39. The number of hydrogen-bond donors (Lipinski definition) is 1. The number of nitrogens with one attached hydrogen (secondary N) is 1. The topological polar surface area (TPSA) is 78.8 Å². The average Bonchev–Trinajstić information content (AvgIpc) is 2.33. The fraction of sp³-hybridized carbons (Fsp3) is 0.167. The Balaban J connectivity index is 2.25. The van der Waals surface area contributed by atoms with Gasteiger partial charge in [0.1, 0.15) is 5.82 Å². The Labute approximate surface area is 115 Å². The molecule has 0 aliphatic carbocycles. The van der Waals surface area contributed by atoms with E-state index in [1.54, 1.807) is 0 Å². The van der Waals surface area contributed by atoms with Crippen LogP contribution in [0.1, 0.15) is 6.92 Å². The first-order valence-corrected chi connectivity index (χ1v) is 7.03. The molecule has 20 heavy (non-hydrogen) atoms. The lowest BCUT2D eigenvalue weighted by Gasteiger charge is -2.19. The molecule has 1 heterocycles. The van der Waals surface area contributed by atoms with Crippen molar-refractivity contribution in [1.82, 2.24) is 4.31 Å². The van der Waals surface area contributed by atoms with Crippen LogP contribution in [-0.4, -0.2) is 31.4 Å². The molecule has 106 valence electrons. The Morgan fingerprint density at radius 1 is 1.40 bits per heavy atom. The Bertz CT molecular complexity index is 725. The van der Waals surface area contributed by atoms with E-state index in [2.05, 4.69) is 9.71 Å². The zero-order valence-corrected chi connectivity index (χ0v) is 11.6. The van der Waals surface area contributed by atoms with Gasteiger partial charge in [0, 0.05) is 18.9 Å². The summed E-state index contributed by atoms with van der Waals surface area (Å²) >= 11 is 0. The molecule has 0 atom stereocenters. The molecule has 8 heteroatoms. The Morgan fingerprint density at radius 3 is 2.75 bits per heavy atom. The molecule has 6 nitrogen and oxygen atoms in total. The summed E-state index contributed by atoms with van der Waals surface area (Å²) in [5.41, 5.74) is 0.461. The summed E-state index contributed by atoms with van der Waals surface area (Å²) in [7, 11) is -2.47. The Morgan fingerprint density at radius 2 is 2.10 bits per heavy atom. The SMILES string of the molecule is CC1=NS(=O)(=O)N(C)C=C1C(=O)Nc1cccc(F)c1. The smallest absolute Gasteiger partial charge is 0.322 e. The minimum atomic E-state index is -3.75. The quantitative estimate of drug-likeness (QED) is 0.893. The number of halogens is 1. The maximum Gasteiger partial charge on any atom is 0.344 e. The number of nitrogens with zero attached hydrogens (tertiary/aromatic N) is 2. The van der Waals surface area contributed by atoms with Crippen LogP contribution in [0.3, 0.4) is 0 Å². The van der Waals surface area contributed by atoms with Gasteiger partial charge in [-0.2, -0.15) is 8.42 Å². The van der Waals surface area contributed by atoms with Crippen LogP contribution in [0, 0.1) is 5.82 Å². The highest BCUT2D eigenvalue weighted by Crippen LogP contribution is 2.17. The minimum absolute atomic E-state index is 0.0806. The van der Waals surface area contributed by atoms with Gasteiger partial charge >= 0.3 is 10.2 Å². The number of rotatable bonds is 2. The summed E-state index contributed by atoms with van der Waals surface area (Å²) in [6.45, 7) is 1.42. The van der Waals surface area contributed by atoms with Crippen LogP contribution in [0.5, 0.6) is 0 Å². The third-order valence-electron chi connectivity index (χ3n) is 2.64. The minimum Gasteiger partial charge on any atom is -0.322 e. The fourth-order valence-electron chi connectivity index (χ4n) is 1.62. The van der Waals surface area contributed by atoms with Gasteiger partial charge in [-0.3, -0.25) is 9.10 Å². The highest BCUT2D eigenvalue weighted by atomic mass is 32.2. The number of carbonyl (C=O) groups is 1. The molecule has 0 saturated heterocycles. The Hall–Kier alpha value is -2.22. The highest BCUT2D eigenvalue weighted by molar-refractivity contribution is 7.88. The number of hydrogen-bond acceptors (Lipinski definition) is 3. The van der Waals surface area contributed by atoms with Gasteiger partial charge < -0.3 is 5.32 Å². The van der Waals surface area contributed by atoms with E-state index in [1.165, 1.54) is 38.4 Å². The van der Waals surface area contributed by atoms with Gasteiger partial charge in [-0.25, -0.2) is 4.39 Å². The zero-order valence-electron chi connectivity index (χ0n) is 10.8. The molecule has 0 radical (unpaired) electrons. The van der Waals surface area contributed by atoms with Crippen molar-refractivity contribution in [1.29, 1.82) is 0 Å². The first-order valence-electron chi connectivity index (χ1n) is 5.63. The lowest BCUT2D eigenvalue weighted by molar-refractivity contribution is -0.112. The second-order valence-electron chi connectivity index (χ2n) is 4.18. The molecule has 0 fully saturated rings. The lowest BCUT2D eigenvalue weighted by Crippen LogP contribution is -2.30. The third kappa shape index (κ3) is 2.85. The molecule has 1 amide bonds. The summed E-state index contributed by atoms with van der Waals surface area (Å²) < 4.78 is 40.3. The maximum atomic E-state index is 13.0. The molecular weight excluding hydrogens is 285 g/mol. The van der Waals surface area contributed by atoms with Crippen molar-refractivity contribution >= 4 is 27.5 Å². The molecule has 0 bridgehead atoms. The second-order valence-corrected chi connectivity index (χ2v) is 5.83. The van der Waals surface area contributed by atoms with E-state index in [0.29, 0.717) is 0 Å². The van der Waals surface area contributed by atoms with Gasteiger partial charge in [-0.15, -0.1) is 4.40 Å². The highest BCUT2D eigenvalue weighted by Gasteiger charge is 2.25. The van der Waals surface area contributed by atoms with E-state index >= 15 is 0 Å². The molecule has 0 unspecified atom stereocenters. The van der Waals surface area contributed by atoms with Crippen LogP contribution in [0.25, 0.3) is 0 Å². The second kappa shape index (κ2) is 5.04. The van der Waals surface area contributed by atoms with Crippen molar-refractivity contribution in [3.63, 3.8) is 0 Å². The van der Waals surface area contributed by atoms with E-state index in [1.807, 2.05) is 0 Å². The summed E-state index contributed by atoms with van der Waals surface area (Å²) in [5.74, 6) is -1.04. The molecule has 1 N–H and O–H groups in total. The number of carbonyl (C=O) groups excluding carboxylic acids is 1. The van der Waals surface area contributed by atoms with Crippen molar-refractivity contribution in [2.45, 2.75) is 6.92 Å². The predicted molar refractivity (Wildman–Crippen MR) is 72.9 cm³/mol. The van der Waals surface area contributed by atoms with Crippen LogP contribution < -0.4 is 5.32 Å². The molecule has 1 aliphatic rings. The first kappa shape index (κ1) is 14.2. The molecule has 1 aromatic carbocycles. The molecule has 0 spiro atoms. The Kier molecular flexibility index (Phi) is 3.58. The van der Waals surface area contributed by atoms with Crippen LogP contribution in [0.15, 0.2) is 40.4 Å². The number of benzene rings is 1. The van der Waals surface area contributed by atoms with Crippen molar-refractivity contribution in [3.05, 3.63) is 41.9 Å². The van der Waals surface area contributed by atoms with E-state index in [-0.39, 0.29) is 17.0 Å². The average molecular weight is 297 g/mol. The van der Waals surface area contributed by atoms with E-state index < -0.39 is 21.9 Å². The van der Waals surface area contributed by atoms with Gasteiger partial charge in [0.2, 0.25) is 0 Å². The van der Waals surface area contributed by atoms with Crippen molar-refractivity contribution in [2.75, 3.05) is 12.4 Å². The first-order chi connectivity index (χ1) is 9.29. The molecule has 1 aromatic rings. The van der Waals surface area contributed by atoms with Crippen LogP contribution in [-0.2, 0) is 15.0 Å². The van der Waals surface area contributed by atoms with E-state index in [9.17, 15) is 17.6 Å². The zero-order chi connectivity index (χ0) is 14.9. The molecule has 0 saturated carbocycles. The third-order valence-corrected chi connectivity index (χ3v) is 3.98. The normalized spacial score (nSPS) is 17.2. The van der Waals surface area contributed by atoms with Crippen molar-refractivity contribution < 1.29 is 17.6 Å². The summed E-state index contributed by atoms with van der Waals surface area (Å²) in [5, 5.41) is 2.48. The lowest BCUT2D eigenvalue weighted by atomic mass is 10.1. The molecule has 0 aromatic heterocycles. The van der Waals surface area contributed by atoms with Crippen molar-refractivity contribution in [2.24, 2.45) is 4.40 Å². The predicted octanol–water partition coefficient (Wildman–Crippen LogP) is 1.30. The standard InChI is InChI=1S/C12H12FN3O3S/c1-8-11(7-16(2)20(18,19)15-8)12(17)14-10-5-3-4-9(13)6-10/h3-7H,1-2H3,(H,14,17). The largest absolute Gasteiger partial charge is 0.344 e.